The molecule has 1 aromatic carbocycles. The molecule has 5 heteroatoms. The maximum Gasteiger partial charge on any atom is 0.235 e. The zero-order chi connectivity index (χ0) is 12.5. The lowest BCUT2D eigenvalue weighted by Crippen LogP contribution is -2.32. The van der Waals surface area contributed by atoms with Gasteiger partial charge in [-0.2, -0.15) is 4.99 Å². The maximum atomic E-state index is 10.5. The number of halogens is 1. The normalized spacial score (nSPS) is 16.8. The number of aliphatic imine (C=N–C) groups is 1. The summed E-state index contributed by atoms with van der Waals surface area (Å²) in [7, 11) is 1.43. The number of carbonyl (C=O) groups excluding carboxylic acids is 1. The number of ether oxygens (including phenoxy) is 1. The minimum absolute atomic E-state index is 0.0429. The Labute approximate surface area is 104 Å². The molecule has 0 radical (unpaired) electrons. The van der Waals surface area contributed by atoms with Gasteiger partial charge in [0, 0.05) is 5.56 Å². The third-order valence-corrected chi connectivity index (χ3v) is 3.53. The average molecular weight is 254 g/mol. The largest absolute Gasteiger partial charge is 0.504 e. The first-order valence-electron chi connectivity index (χ1n) is 5.29. The van der Waals surface area contributed by atoms with Crippen LogP contribution < -0.4 is 4.74 Å². The van der Waals surface area contributed by atoms with Gasteiger partial charge in [-0.3, -0.25) is 0 Å². The standard InChI is InChI=1S/C12H12ClNO3/c1-17-11-9(13)4-3-8(10(11)16)12(14-7-15)5-2-6-12/h3-4,16H,2,5-6H2,1H3. The number of nitrogens with zero attached hydrogens (tertiary/aromatic N) is 1. The van der Waals surface area contributed by atoms with E-state index in [0.717, 1.165) is 19.3 Å². The van der Waals surface area contributed by atoms with Crippen molar-refractivity contribution in [1.82, 2.24) is 0 Å². The molecule has 0 heterocycles. The van der Waals surface area contributed by atoms with Crippen molar-refractivity contribution in [1.29, 1.82) is 0 Å². The Morgan fingerprint density at radius 2 is 2.24 bits per heavy atom. The molecule has 17 heavy (non-hydrogen) atoms. The van der Waals surface area contributed by atoms with Gasteiger partial charge in [0.25, 0.3) is 0 Å². The van der Waals surface area contributed by atoms with Crippen LogP contribution >= 0.6 is 11.6 Å². The van der Waals surface area contributed by atoms with Crippen LogP contribution in [-0.4, -0.2) is 18.3 Å². The van der Waals surface area contributed by atoms with Crippen molar-refractivity contribution in [3.63, 3.8) is 0 Å². The predicted molar refractivity (Wildman–Crippen MR) is 63.3 cm³/mol. The highest BCUT2D eigenvalue weighted by atomic mass is 35.5. The lowest BCUT2D eigenvalue weighted by atomic mass is 9.72. The summed E-state index contributed by atoms with van der Waals surface area (Å²) >= 11 is 5.90. The first-order valence-corrected chi connectivity index (χ1v) is 5.67. The van der Waals surface area contributed by atoms with Gasteiger partial charge in [-0.15, -0.1) is 0 Å². The molecule has 0 unspecified atom stereocenters. The monoisotopic (exact) mass is 253 g/mol. The highest BCUT2D eigenvalue weighted by molar-refractivity contribution is 6.32. The number of rotatable bonds is 3. The quantitative estimate of drug-likeness (QED) is 0.666. The fraction of sp³-hybridized carbons (Fsp3) is 0.417. The molecular formula is C12H12ClNO3. The first-order chi connectivity index (χ1) is 8.14. The van der Waals surface area contributed by atoms with E-state index in [2.05, 4.69) is 4.99 Å². The number of hydrogen-bond acceptors (Lipinski definition) is 4. The van der Waals surface area contributed by atoms with Crippen molar-refractivity contribution in [2.24, 2.45) is 4.99 Å². The van der Waals surface area contributed by atoms with E-state index in [0.29, 0.717) is 10.6 Å². The highest BCUT2D eigenvalue weighted by Crippen LogP contribution is 2.51. The molecule has 0 saturated heterocycles. The van der Waals surface area contributed by atoms with Gasteiger partial charge in [-0.1, -0.05) is 17.7 Å². The molecule has 0 aliphatic heterocycles. The van der Waals surface area contributed by atoms with Crippen LogP contribution in [0.4, 0.5) is 0 Å². The molecule has 0 atom stereocenters. The number of benzene rings is 1. The minimum atomic E-state index is -0.649. The molecule has 1 N–H and O–H groups in total. The second kappa shape index (κ2) is 4.40. The van der Waals surface area contributed by atoms with E-state index in [1.165, 1.54) is 7.11 Å². The van der Waals surface area contributed by atoms with E-state index >= 15 is 0 Å². The Morgan fingerprint density at radius 3 is 2.71 bits per heavy atom. The molecule has 2 rings (SSSR count). The van der Waals surface area contributed by atoms with Crippen LogP contribution in [0.2, 0.25) is 5.02 Å². The molecule has 1 fully saturated rings. The van der Waals surface area contributed by atoms with E-state index in [4.69, 9.17) is 16.3 Å². The fourth-order valence-electron chi connectivity index (χ4n) is 2.16. The number of methoxy groups -OCH3 is 1. The van der Waals surface area contributed by atoms with Crippen molar-refractivity contribution >= 4 is 17.7 Å². The summed E-state index contributed by atoms with van der Waals surface area (Å²) in [5.41, 5.74) is -0.0719. The van der Waals surface area contributed by atoms with Gasteiger partial charge in [0.15, 0.2) is 11.5 Å². The number of aromatic hydroxyl groups is 1. The zero-order valence-corrected chi connectivity index (χ0v) is 10.1. The average Bonchev–Trinajstić information content (AvgIpc) is 2.25. The fourth-order valence-corrected chi connectivity index (χ4v) is 2.39. The summed E-state index contributed by atoms with van der Waals surface area (Å²) in [6.07, 6.45) is 3.99. The van der Waals surface area contributed by atoms with Crippen molar-refractivity contribution in [3.05, 3.63) is 22.7 Å². The molecule has 1 aliphatic carbocycles. The van der Waals surface area contributed by atoms with E-state index < -0.39 is 5.54 Å². The van der Waals surface area contributed by atoms with E-state index in [9.17, 15) is 9.90 Å². The van der Waals surface area contributed by atoms with Gasteiger partial charge in [0.1, 0.15) is 5.54 Å². The van der Waals surface area contributed by atoms with Crippen LogP contribution in [0.5, 0.6) is 11.5 Å². The summed E-state index contributed by atoms with van der Waals surface area (Å²) in [6.45, 7) is 0. The maximum absolute atomic E-state index is 10.5. The van der Waals surface area contributed by atoms with Crippen molar-refractivity contribution in [2.75, 3.05) is 7.11 Å². The van der Waals surface area contributed by atoms with Crippen molar-refractivity contribution in [2.45, 2.75) is 24.8 Å². The van der Waals surface area contributed by atoms with Gasteiger partial charge < -0.3 is 9.84 Å². The Bertz CT molecular complexity index is 491. The minimum Gasteiger partial charge on any atom is -0.504 e. The molecule has 90 valence electrons. The number of phenolic OH excluding ortho intramolecular Hbond substituents is 1. The molecule has 0 amide bonds. The molecule has 1 saturated carbocycles. The molecule has 1 aromatic rings. The molecule has 1 aliphatic rings. The van der Waals surface area contributed by atoms with Gasteiger partial charge in [0.2, 0.25) is 6.08 Å². The summed E-state index contributed by atoms with van der Waals surface area (Å²) in [5, 5.41) is 10.4. The van der Waals surface area contributed by atoms with E-state index in [1.807, 2.05) is 0 Å². The first kappa shape index (κ1) is 12.0. The van der Waals surface area contributed by atoms with Crippen LogP contribution in [-0.2, 0) is 10.3 Å². The van der Waals surface area contributed by atoms with Gasteiger partial charge >= 0.3 is 0 Å². The summed E-state index contributed by atoms with van der Waals surface area (Å²) in [6, 6.07) is 3.32. The van der Waals surface area contributed by atoms with Crippen LogP contribution in [0.1, 0.15) is 24.8 Å². The predicted octanol–water partition coefficient (Wildman–Crippen LogP) is 2.77. The molecule has 4 nitrogen and oxygen atoms in total. The number of isocyanates is 1. The second-order valence-corrected chi connectivity index (χ2v) is 4.47. The summed E-state index contributed by atoms with van der Waals surface area (Å²) in [5.74, 6) is 0.176. The second-order valence-electron chi connectivity index (χ2n) is 4.07. The molecular weight excluding hydrogens is 242 g/mol. The third-order valence-electron chi connectivity index (χ3n) is 3.23. The Balaban J connectivity index is 2.56. The summed E-state index contributed by atoms with van der Waals surface area (Å²) in [4.78, 5) is 14.3. The SMILES string of the molecule is COc1c(Cl)ccc(C2(N=C=O)CCC2)c1O. The van der Waals surface area contributed by atoms with Crippen LogP contribution in [0.3, 0.4) is 0 Å². The van der Waals surface area contributed by atoms with E-state index in [-0.39, 0.29) is 11.5 Å². The van der Waals surface area contributed by atoms with E-state index in [1.54, 1.807) is 18.2 Å². The summed E-state index contributed by atoms with van der Waals surface area (Å²) < 4.78 is 5.04. The Kier molecular flexibility index (Phi) is 3.09. The lowest BCUT2D eigenvalue weighted by Gasteiger charge is -2.37. The Hall–Kier alpha value is -1.51. The van der Waals surface area contributed by atoms with Crippen molar-refractivity contribution < 1.29 is 14.6 Å². The number of phenols is 1. The Morgan fingerprint density at radius 1 is 1.53 bits per heavy atom. The zero-order valence-electron chi connectivity index (χ0n) is 9.36. The molecule has 0 spiro atoms. The highest BCUT2D eigenvalue weighted by Gasteiger charge is 2.41. The van der Waals surface area contributed by atoms with Crippen LogP contribution in [0.15, 0.2) is 17.1 Å². The lowest BCUT2D eigenvalue weighted by molar-refractivity contribution is 0.245. The number of hydrogen-bond donors (Lipinski definition) is 1. The van der Waals surface area contributed by atoms with Gasteiger partial charge in [0.05, 0.1) is 12.1 Å². The van der Waals surface area contributed by atoms with Crippen molar-refractivity contribution in [3.8, 4) is 11.5 Å². The van der Waals surface area contributed by atoms with Gasteiger partial charge in [-0.05, 0) is 25.3 Å². The molecule has 0 bridgehead atoms. The van der Waals surface area contributed by atoms with Gasteiger partial charge in [-0.25, -0.2) is 4.79 Å². The molecule has 0 aromatic heterocycles. The van der Waals surface area contributed by atoms with Crippen LogP contribution in [0.25, 0.3) is 0 Å². The third kappa shape index (κ3) is 1.79. The topological polar surface area (TPSA) is 58.9 Å². The van der Waals surface area contributed by atoms with Crippen LogP contribution in [0, 0.1) is 0 Å². The smallest absolute Gasteiger partial charge is 0.235 e.